The summed E-state index contributed by atoms with van der Waals surface area (Å²) >= 11 is 0. The Morgan fingerprint density at radius 2 is 1.97 bits per heavy atom. The van der Waals surface area contributed by atoms with E-state index >= 15 is 0 Å². The highest BCUT2D eigenvalue weighted by Gasteiger charge is 2.32. The quantitative estimate of drug-likeness (QED) is 0.370. The zero-order chi connectivity index (χ0) is 22.3. The Hall–Kier alpha value is -3.84. The fourth-order valence-electron chi connectivity index (χ4n) is 3.15. The number of benzene rings is 1. The first kappa shape index (κ1) is 20.4. The zero-order valence-electron chi connectivity index (χ0n) is 17.6. The number of H-pyrrole nitrogens is 2. The lowest BCUT2D eigenvalue weighted by molar-refractivity contribution is 0.0953. The van der Waals surface area contributed by atoms with Crippen LogP contribution in [0.15, 0.2) is 39.3 Å². The number of carbonyl (C=O) groups is 1. The SMILES string of the molecule is Cc1[nH]n(-c2ccc(C(=O)C3CO3)cc2)c(=O)c1N=Nc1n[nH]c(C(C)(C)C)c1C#N. The Bertz CT molecular complexity index is 1280. The molecule has 1 aliphatic rings. The number of aromatic nitrogens is 4. The Balaban J connectivity index is 1.64. The van der Waals surface area contributed by atoms with Crippen LogP contribution in [0.5, 0.6) is 0 Å². The second-order valence-corrected chi connectivity index (χ2v) is 8.32. The van der Waals surface area contributed by atoms with Crippen molar-refractivity contribution in [1.82, 2.24) is 20.0 Å². The summed E-state index contributed by atoms with van der Waals surface area (Å²) < 4.78 is 6.34. The lowest BCUT2D eigenvalue weighted by Crippen LogP contribution is -2.14. The Morgan fingerprint density at radius 1 is 1.29 bits per heavy atom. The number of nitriles is 1. The van der Waals surface area contributed by atoms with Gasteiger partial charge < -0.3 is 4.74 Å². The molecule has 1 unspecified atom stereocenters. The van der Waals surface area contributed by atoms with E-state index in [2.05, 4.69) is 31.6 Å². The Kier molecular flexibility index (Phi) is 4.91. The van der Waals surface area contributed by atoms with Gasteiger partial charge in [-0.15, -0.1) is 10.2 Å². The van der Waals surface area contributed by atoms with Crippen molar-refractivity contribution >= 4 is 17.3 Å². The van der Waals surface area contributed by atoms with E-state index in [1.54, 1.807) is 31.2 Å². The third-order valence-corrected chi connectivity index (χ3v) is 4.93. The average Bonchev–Trinajstić information content (AvgIpc) is 3.43. The maximum absolute atomic E-state index is 12.9. The number of carbonyl (C=O) groups excluding carboxylic acids is 1. The van der Waals surface area contributed by atoms with Crippen molar-refractivity contribution in [3.63, 3.8) is 0 Å². The highest BCUT2D eigenvalue weighted by atomic mass is 16.6. The van der Waals surface area contributed by atoms with Crippen LogP contribution in [0, 0.1) is 18.3 Å². The molecule has 0 spiro atoms. The average molecular weight is 419 g/mol. The molecule has 0 aliphatic carbocycles. The molecule has 1 saturated heterocycles. The molecule has 4 rings (SSSR count). The summed E-state index contributed by atoms with van der Waals surface area (Å²) in [4.78, 5) is 24.9. The lowest BCUT2D eigenvalue weighted by atomic mass is 9.90. The minimum absolute atomic E-state index is 0.0713. The zero-order valence-corrected chi connectivity index (χ0v) is 17.6. The molecule has 0 radical (unpaired) electrons. The molecular weight excluding hydrogens is 398 g/mol. The summed E-state index contributed by atoms with van der Waals surface area (Å²) in [6.07, 6.45) is -0.354. The van der Waals surface area contributed by atoms with Crippen molar-refractivity contribution in [2.75, 3.05) is 6.61 Å². The summed E-state index contributed by atoms with van der Waals surface area (Å²) in [7, 11) is 0. The third kappa shape index (κ3) is 3.83. The third-order valence-electron chi connectivity index (χ3n) is 4.93. The van der Waals surface area contributed by atoms with E-state index in [9.17, 15) is 14.9 Å². The van der Waals surface area contributed by atoms with E-state index in [0.717, 1.165) is 0 Å². The second kappa shape index (κ2) is 7.45. The molecule has 1 atom stereocenters. The number of hydrogen-bond donors (Lipinski definition) is 2. The molecule has 2 N–H and O–H groups in total. The largest absolute Gasteiger partial charge is 0.364 e. The first-order valence-electron chi connectivity index (χ1n) is 9.69. The molecule has 0 amide bonds. The van der Waals surface area contributed by atoms with Crippen molar-refractivity contribution < 1.29 is 9.53 Å². The summed E-state index contributed by atoms with van der Waals surface area (Å²) in [6.45, 7) is 8.01. The monoisotopic (exact) mass is 419 g/mol. The summed E-state index contributed by atoms with van der Waals surface area (Å²) in [5, 5.41) is 27.5. The number of ether oxygens (including phenoxy) is 1. The number of azo groups is 1. The maximum Gasteiger partial charge on any atom is 0.299 e. The van der Waals surface area contributed by atoms with Crippen molar-refractivity contribution in [3.05, 3.63) is 57.1 Å². The number of rotatable bonds is 5. The molecule has 0 bridgehead atoms. The number of nitrogens with one attached hydrogen (secondary N) is 2. The number of epoxide rings is 1. The van der Waals surface area contributed by atoms with Gasteiger partial charge in [-0.05, 0) is 31.2 Å². The molecule has 3 aromatic rings. The van der Waals surface area contributed by atoms with Gasteiger partial charge in [-0.3, -0.25) is 19.8 Å². The van der Waals surface area contributed by atoms with E-state index in [1.165, 1.54) is 4.68 Å². The fraction of sp³-hybridized carbons (Fsp3) is 0.333. The van der Waals surface area contributed by atoms with Crippen LogP contribution in [0.4, 0.5) is 11.5 Å². The van der Waals surface area contributed by atoms with Crippen LogP contribution in [0.3, 0.4) is 0 Å². The van der Waals surface area contributed by atoms with Crippen LogP contribution in [0.25, 0.3) is 5.69 Å². The van der Waals surface area contributed by atoms with Gasteiger partial charge in [-0.2, -0.15) is 10.4 Å². The number of ketones is 1. The number of aromatic amines is 2. The van der Waals surface area contributed by atoms with Gasteiger partial charge in [-0.1, -0.05) is 20.8 Å². The first-order valence-corrected chi connectivity index (χ1v) is 9.69. The topological polar surface area (TPSA) is 145 Å². The summed E-state index contributed by atoms with van der Waals surface area (Å²) in [6, 6.07) is 8.75. The minimum Gasteiger partial charge on any atom is -0.364 e. The van der Waals surface area contributed by atoms with Crippen LogP contribution in [-0.2, 0) is 10.2 Å². The second-order valence-electron chi connectivity index (χ2n) is 8.32. The molecular formula is C21H21N7O3. The molecule has 1 fully saturated rings. The smallest absolute Gasteiger partial charge is 0.299 e. The number of hydrogen-bond acceptors (Lipinski definition) is 7. The summed E-state index contributed by atoms with van der Waals surface area (Å²) in [5.41, 5.74) is 1.91. The molecule has 3 heterocycles. The standard InChI is InChI=1S/C21H21N7O3/c1-11-16(23-25-19-14(9-22)18(24-26-19)21(2,3)4)20(30)28(27-11)13-7-5-12(6-8-13)17(29)15-10-31-15/h5-8,15,27H,10H2,1-4H3,(H,24,26). The normalized spacial score (nSPS) is 15.9. The molecule has 31 heavy (non-hydrogen) atoms. The minimum atomic E-state index is -0.407. The number of aryl methyl sites for hydroxylation is 1. The fourth-order valence-corrected chi connectivity index (χ4v) is 3.15. The van der Waals surface area contributed by atoms with Crippen LogP contribution in [0.2, 0.25) is 0 Å². The van der Waals surface area contributed by atoms with Crippen LogP contribution in [0.1, 0.15) is 48.1 Å². The molecule has 158 valence electrons. The van der Waals surface area contributed by atoms with Gasteiger partial charge >= 0.3 is 0 Å². The lowest BCUT2D eigenvalue weighted by Gasteiger charge is -2.15. The van der Waals surface area contributed by atoms with Gasteiger partial charge in [0.15, 0.2) is 11.5 Å². The Labute approximate surface area is 177 Å². The highest BCUT2D eigenvalue weighted by Crippen LogP contribution is 2.30. The molecule has 1 aliphatic heterocycles. The molecule has 1 aromatic carbocycles. The predicted octanol–water partition coefficient (Wildman–Crippen LogP) is 3.36. The summed E-state index contributed by atoms with van der Waals surface area (Å²) in [5.74, 6) is 0.0575. The highest BCUT2D eigenvalue weighted by molar-refractivity contribution is 6.00. The maximum atomic E-state index is 12.9. The van der Waals surface area contributed by atoms with Crippen molar-refractivity contribution in [2.45, 2.75) is 39.2 Å². The van der Waals surface area contributed by atoms with Crippen molar-refractivity contribution in [2.24, 2.45) is 10.2 Å². The van der Waals surface area contributed by atoms with Gasteiger partial charge in [0.2, 0.25) is 5.82 Å². The van der Waals surface area contributed by atoms with Gasteiger partial charge in [0, 0.05) is 11.0 Å². The molecule has 0 saturated carbocycles. The van der Waals surface area contributed by atoms with E-state index in [-0.39, 0.29) is 28.8 Å². The first-order chi connectivity index (χ1) is 14.7. The number of nitrogens with zero attached hydrogens (tertiary/aromatic N) is 5. The molecule has 2 aromatic heterocycles. The van der Waals surface area contributed by atoms with E-state index in [1.807, 2.05) is 20.8 Å². The van der Waals surface area contributed by atoms with Crippen LogP contribution < -0.4 is 5.56 Å². The van der Waals surface area contributed by atoms with E-state index in [0.29, 0.717) is 34.8 Å². The van der Waals surface area contributed by atoms with Gasteiger partial charge in [0.25, 0.3) is 5.56 Å². The van der Waals surface area contributed by atoms with Crippen LogP contribution in [-0.4, -0.2) is 38.5 Å². The Morgan fingerprint density at radius 3 is 2.55 bits per heavy atom. The number of Topliss-reactive ketones (excluding diaryl/α,β-unsaturated/α-hetero) is 1. The van der Waals surface area contributed by atoms with Crippen LogP contribution >= 0.6 is 0 Å². The van der Waals surface area contributed by atoms with Gasteiger partial charge in [0.1, 0.15) is 17.7 Å². The van der Waals surface area contributed by atoms with Crippen molar-refractivity contribution in [3.8, 4) is 11.8 Å². The van der Waals surface area contributed by atoms with Gasteiger partial charge in [-0.25, -0.2) is 4.68 Å². The predicted molar refractivity (Wildman–Crippen MR) is 111 cm³/mol. The van der Waals surface area contributed by atoms with E-state index in [4.69, 9.17) is 4.74 Å². The molecule has 10 heteroatoms. The molecule has 10 nitrogen and oxygen atoms in total. The van der Waals surface area contributed by atoms with Gasteiger partial charge in [0.05, 0.1) is 23.7 Å². The van der Waals surface area contributed by atoms with Crippen molar-refractivity contribution in [1.29, 1.82) is 5.26 Å². The van der Waals surface area contributed by atoms with E-state index < -0.39 is 5.56 Å².